The Labute approximate surface area is 546 Å². The van der Waals surface area contributed by atoms with Crippen molar-refractivity contribution in [1.82, 2.24) is 40.9 Å². The lowest BCUT2D eigenvalue weighted by Gasteiger charge is -2.41. The topological polar surface area (TPSA) is 206 Å². The number of hydrogen-bond donors (Lipinski definition) is 5. The van der Waals surface area contributed by atoms with Crippen molar-refractivity contribution in [2.24, 2.45) is 23.7 Å². The summed E-state index contributed by atoms with van der Waals surface area (Å²) in [6.07, 6.45) is 11.9. The van der Waals surface area contributed by atoms with Gasteiger partial charge in [-0.2, -0.15) is 0 Å². The number of carbonyl (C=O) groups is 6. The molecule has 7 saturated heterocycles. The second-order valence-corrected chi connectivity index (χ2v) is 24.4. The van der Waals surface area contributed by atoms with Gasteiger partial charge in [0.1, 0.15) is 0 Å². The van der Waals surface area contributed by atoms with Gasteiger partial charge in [-0.15, -0.1) is 0 Å². The maximum absolute atomic E-state index is 11.9. The standard InChI is InChI=1S/C22H33N3O2.C14H25N3O.C10H18N2O2.C9H15NO2.C8H13NO2.4C2H6/c1-5-21(26)23-20-16-18(6-7-19(20)22(2,3)4)24-10-8-17(9-11-24)25-12-14-27-15-13-25;1-4-14(18)15-13-10-17(9-11(13)2)12-5-7-16(3)8-6-12;1-7-6-12(9(3)14)5-4-10(7)11-8(2)13;1-3-9(11)10-8-4-5-12-6-7(8)2;1-3-8(10)9-7-5-11-4-6(7)2;4*1-2/h5-7,16-17H,1,8-15H2,2-4H3,(H,23,26);4,11-13H,1,5-10H2,2-3H3,(H,15,18);7,10H,4-6H2,1-3H3,(H,11,13);3,7-8H,1,4-6H2,2H3,(H,10,11);3,6-7H,1,4-5H2,2H3,(H,9,10);4*1-2H3/t;11-,13+;7-,10+;7-,8+;6-,7+;;;;/m.1111..../s1. The van der Waals surface area contributed by atoms with E-state index >= 15 is 0 Å². The molecule has 0 radical (unpaired) electrons. The Morgan fingerprint density at radius 2 is 0.978 bits per heavy atom. The monoisotopic (exact) mass is 1260 g/mol. The van der Waals surface area contributed by atoms with Gasteiger partial charge in [-0.3, -0.25) is 38.6 Å². The molecule has 0 aliphatic carbocycles. The Hall–Kier alpha value is -5.44. The van der Waals surface area contributed by atoms with Gasteiger partial charge in [0.05, 0.1) is 39.1 Å². The van der Waals surface area contributed by atoms with E-state index in [0.29, 0.717) is 42.4 Å². The van der Waals surface area contributed by atoms with Gasteiger partial charge in [0.2, 0.25) is 35.4 Å². The van der Waals surface area contributed by atoms with Crippen LogP contribution in [0.5, 0.6) is 0 Å². The Morgan fingerprint density at radius 3 is 1.46 bits per heavy atom. The average molecular weight is 1270 g/mol. The third kappa shape index (κ3) is 31.7. The Morgan fingerprint density at radius 1 is 0.500 bits per heavy atom. The van der Waals surface area contributed by atoms with E-state index in [4.69, 9.17) is 14.2 Å². The summed E-state index contributed by atoms with van der Waals surface area (Å²) in [4.78, 5) is 78.9. The molecule has 19 heteroatoms. The van der Waals surface area contributed by atoms with Crippen molar-refractivity contribution in [3.05, 3.63) is 74.4 Å². The number of morpholine rings is 1. The molecule has 0 spiro atoms. The molecule has 1 aromatic rings. The lowest BCUT2D eigenvalue weighted by atomic mass is 9.85. The van der Waals surface area contributed by atoms with E-state index in [0.717, 1.165) is 109 Å². The van der Waals surface area contributed by atoms with Crippen molar-refractivity contribution >= 4 is 46.8 Å². The van der Waals surface area contributed by atoms with Gasteiger partial charge in [-0.1, -0.05) is 136 Å². The maximum Gasteiger partial charge on any atom is 0.247 e. The smallest absolute Gasteiger partial charge is 0.247 e. The zero-order valence-corrected chi connectivity index (χ0v) is 59.6. The molecule has 7 aliphatic rings. The van der Waals surface area contributed by atoms with Crippen LogP contribution in [0.15, 0.2) is 68.8 Å². The number of carbonyl (C=O) groups excluding carboxylic acids is 6. The van der Waals surface area contributed by atoms with Gasteiger partial charge in [0.15, 0.2) is 0 Å². The summed E-state index contributed by atoms with van der Waals surface area (Å²) < 4.78 is 15.9. The highest BCUT2D eigenvalue weighted by Gasteiger charge is 2.36. The van der Waals surface area contributed by atoms with Crippen molar-refractivity contribution in [2.75, 3.05) is 122 Å². The minimum atomic E-state index is -0.163. The van der Waals surface area contributed by atoms with Gasteiger partial charge in [-0.25, -0.2) is 0 Å². The summed E-state index contributed by atoms with van der Waals surface area (Å²) in [6.45, 7) is 62.7. The second kappa shape index (κ2) is 47.4. The van der Waals surface area contributed by atoms with E-state index in [2.05, 4.69) is 146 Å². The number of ether oxygens (including phenoxy) is 3. The van der Waals surface area contributed by atoms with Crippen molar-refractivity contribution in [1.29, 1.82) is 0 Å². The first-order valence-electron chi connectivity index (χ1n) is 34.0. The van der Waals surface area contributed by atoms with Crippen LogP contribution >= 0.6 is 0 Å². The van der Waals surface area contributed by atoms with E-state index in [1.165, 1.54) is 75.7 Å². The molecule has 0 bridgehead atoms. The van der Waals surface area contributed by atoms with Crippen LogP contribution in [0.3, 0.4) is 0 Å². The fourth-order valence-electron chi connectivity index (χ4n) is 11.5. The minimum absolute atomic E-state index is 0.0122. The number of nitrogens with one attached hydrogen (secondary N) is 5. The summed E-state index contributed by atoms with van der Waals surface area (Å²) in [7, 11) is 2.19. The van der Waals surface area contributed by atoms with Crippen LogP contribution in [0, 0.1) is 23.7 Å². The van der Waals surface area contributed by atoms with Crippen LogP contribution in [-0.2, 0) is 48.4 Å². The average Bonchev–Trinajstić information content (AvgIpc) is 1.16. The largest absolute Gasteiger partial charge is 0.381 e. The Kier molecular flexibility index (Phi) is 44.6. The highest BCUT2D eigenvalue weighted by atomic mass is 16.5. The van der Waals surface area contributed by atoms with Crippen LogP contribution in [0.25, 0.3) is 0 Å². The van der Waals surface area contributed by atoms with E-state index < -0.39 is 0 Å². The molecule has 7 fully saturated rings. The number of likely N-dealkylation sites (tertiary alicyclic amines) is 3. The van der Waals surface area contributed by atoms with Crippen LogP contribution in [-0.4, -0.2) is 203 Å². The quantitative estimate of drug-likeness (QED) is 0.124. The zero-order valence-electron chi connectivity index (χ0n) is 59.6. The fraction of sp³-hybridized carbons (Fsp3) is 0.718. The predicted octanol–water partition coefficient (Wildman–Crippen LogP) is 9.63. The zero-order chi connectivity index (χ0) is 68.5. The minimum Gasteiger partial charge on any atom is -0.381 e. The molecule has 7 aliphatic heterocycles. The second-order valence-electron chi connectivity index (χ2n) is 24.4. The molecular formula is C71H128N10O9. The molecule has 0 unspecified atom stereocenters. The molecule has 8 atom stereocenters. The molecule has 1 aromatic carbocycles. The molecule has 0 aromatic heterocycles. The fourth-order valence-corrected chi connectivity index (χ4v) is 11.5. The van der Waals surface area contributed by atoms with Gasteiger partial charge >= 0.3 is 0 Å². The van der Waals surface area contributed by atoms with E-state index in [1.54, 1.807) is 6.92 Å². The first kappa shape index (κ1) is 84.6. The molecule has 90 heavy (non-hydrogen) atoms. The van der Waals surface area contributed by atoms with Crippen molar-refractivity contribution in [3.63, 3.8) is 0 Å². The van der Waals surface area contributed by atoms with Crippen molar-refractivity contribution in [3.8, 4) is 0 Å². The van der Waals surface area contributed by atoms with Crippen LogP contribution in [0.4, 0.5) is 11.4 Å². The molecule has 7 heterocycles. The molecule has 8 rings (SSSR count). The molecule has 5 N–H and O–H groups in total. The number of benzene rings is 1. The number of nitrogens with zero attached hydrogens (tertiary/aromatic N) is 5. The van der Waals surface area contributed by atoms with Crippen LogP contribution in [0.1, 0.15) is 162 Å². The maximum atomic E-state index is 11.9. The number of rotatable bonds is 12. The molecule has 19 nitrogen and oxygen atoms in total. The van der Waals surface area contributed by atoms with Gasteiger partial charge < -0.3 is 55.5 Å². The third-order valence-corrected chi connectivity index (χ3v) is 16.8. The Bertz CT molecular complexity index is 2240. The number of piperidine rings is 3. The lowest BCUT2D eigenvalue weighted by Crippen LogP contribution is -2.50. The summed E-state index contributed by atoms with van der Waals surface area (Å²) in [6, 6.07) is 8.77. The van der Waals surface area contributed by atoms with Crippen molar-refractivity contribution in [2.45, 2.75) is 198 Å². The normalized spacial score (nSPS) is 24.3. The summed E-state index contributed by atoms with van der Waals surface area (Å²) in [5, 5.41) is 14.6. The number of hydrogen-bond acceptors (Lipinski definition) is 13. The number of amides is 6. The highest BCUT2D eigenvalue weighted by Crippen LogP contribution is 2.34. The van der Waals surface area contributed by atoms with E-state index in [-0.39, 0.29) is 65.0 Å². The molecule has 0 saturated carbocycles. The highest BCUT2D eigenvalue weighted by molar-refractivity contribution is 6.00. The van der Waals surface area contributed by atoms with Crippen molar-refractivity contribution < 1.29 is 43.0 Å². The van der Waals surface area contributed by atoms with E-state index in [9.17, 15) is 28.8 Å². The van der Waals surface area contributed by atoms with Gasteiger partial charge in [-0.05, 0) is 124 Å². The lowest BCUT2D eigenvalue weighted by molar-refractivity contribution is -0.131. The third-order valence-electron chi connectivity index (χ3n) is 16.8. The Balaban J connectivity index is 0.00000111. The summed E-state index contributed by atoms with van der Waals surface area (Å²) in [5.41, 5.74) is 3.18. The first-order chi connectivity index (χ1) is 43.0. The molecule has 6 amide bonds. The molecular weight excluding hydrogens is 1140 g/mol. The van der Waals surface area contributed by atoms with Gasteiger partial charge in [0.25, 0.3) is 0 Å². The predicted molar refractivity (Wildman–Crippen MR) is 373 cm³/mol. The summed E-state index contributed by atoms with van der Waals surface area (Å²) >= 11 is 0. The first-order valence-corrected chi connectivity index (χ1v) is 34.0. The van der Waals surface area contributed by atoms with Crippen LogP contribution in [0.2, 0.25) is 0 Å². The van der Waals surface area contributed by atoms with E-state index in [1.807, 2.05) is 60.3 Å². The summed E-state index contributed by atoms with van der Waals surface area (Å²) in [5.74, 6) is 1.42. The van der Waals surface area contributed by atoms with Gasteiger partial charge in [0, 0.05) is 120 Å². The SMILES string of the molecule is C=CC(=O)N[C@H]1CCOC[C@H]1C.C=CC(=O)N[C@H]1CN(C2CCN(C)CC2)C[C@H]1C.C=CC(=O)N[C@H]1COC[C@H]1C.C=CC(=O)Nc1cc(N2CCC(N3CCOCC3)CC2)ccc1C(C)(C)C.CC.CC.CC.CC.CC(=O)N[C@H]1CCN(C(C)=O)C[C@H]1C. The molecule has 516 valence electrons. The number of anilines is 2. The van der Waals surface area contributed by atoms with Crippen LogP contribution < -0.4 is 31.5 Å².